The molecule has 20 heavy (non-hydrogen) atoms. The van der Waals surface area contributed by atoms with Crippen LogP contribution in [-0.4, -0.2) is 12.9 Å². The molecule has 2 rings (SSSR count). The molecule has 0 radical (unpaired) electrons. The number of rotatable bonds is 4. The predicted molar refractivity (Wildman–Crippen MR) is 91.4 cm³/mol. The Morgan fingerprint density at radius 3 is 2.45 bits per heavy atom. The summed E-state index contributed by atoms with van der Waals surface area (Å²) in [6.07, 6.45) is 0. The third-order valence-corrected chi connectivity index (χ3v) is 4.44. The van der Waals surface area contributed by atoms with Gasteiger partial charge in [-0.05, 0) is 45.8 Å². The maximum absolute atomic E-state index is 7.45. The van der Waals surface area contributed by atoms with E-state index in [1.807, 2.05) is 43.4 Å². The standard InChI is InChI=1S/C15H15Br2N3/c1-20(9-11-4-2-3-5-12(11)16)14-7-6-10(15(18)19)8-13(14)17/h2-8H,9H2,1H3,(H3,18,19). The quantitative estimate of drug-likeness (QED) is 0.602. The molecule has 0 unspecified atom stereocenters. The fourth-order valence-electron chi connectivity index (χ4n) is 1.95. The summed E-state index contributed by atoms with van der Waals surface area (Å²) in [6.45, 7) is 0.791. The number of nitrogens with two attached hydrogens (primary N) is 1. The van der Waals surface area contributed by atoms with Crippen LogP contribution in [0.15, 0.2) is 51.4 Å². The molecule has 104 valence electrons. The number of nitrogens with one attached hydrogen (secondary N) is 1. The van der Waals surface area contributed by atoms with Gasteiger partial charge in [0, 0.05) is 28.1 Å². The smallest absolute Gasteiger partial charge is 0.122 e. The van der Waals surface area contributed by atoms with E-state index in [1.165, 1.54) is 5.56 Å². The van der Waals surface area contributed by atoms with E-state index in [2.05, 4.69) is 42.8 Å². The molecule has 0 aromatic heterocycles. The Bertz CT molecular complexity index is 641. The Kier molecular flexibility index (Phi) is 4.83. The SMILES string of the molecule is CN(Cc1ccccc1Br)c1ccc(C(=N)N)cc1Br. The maximum atomic E-state index is 7.45. The van der Waals surface area contributed by atoms with Gasteiger partial charge in [0.1, 0.15) is 5.84 Å². The summed E-state index contributed by atoms with van der Waals surface area (Å²) in [5.41, 5.74) is 8.49. The summed E-state index contributed by atoms with van der Waals surface area (Å²) in [4.78, 5) is 2.15. The number of halogens is 2. The molecule has 0 aliphatic rings. The molecule has 0 aliphatic heterocycles. The molecule has 2 aromatic rings. The first-order valence-electron chi connectivity index (χ1n) is 6.07. The maximum Gasteiger partial charge on any atom is 0.122 e. The highest BCUT2D eigenvalue weighted by Crippen LogP contribution is 2.28. The van der Waals surface area contributed by atoms with E-state index in [1.54, 1.807) is 0 Å². The molecule has 2 aromatic carbocycles. The van der Waals surface area contributed by atoms with Crippen molar-refractivity contribution in [3.8, 4) is 0 Å². The molecule has 5 heteroatoms. The summed E-state index contributed by atoms with van der Waals surface area (Å²) in [6, 6.07) is 13.9. The van der Waals surface area contributed by atoms with E-state index in [-0.39, 0.29) is 5.84 Å². The lowest BCUT2D eigenvalue weighted by molar-refractivity contribution is 0.915. The third-order valence-electron chi connectivity index (χ3n) is 3.04. The molecular formula is C15H15Br2N3. The van der Waals surface area contributed by atoms with Gasteiger partial charge >= 0.3 is 0 Å². The molecular weight excluding hydrogens is 382 g/mol. The molecule has 0 bridgehead atoms. The Hall–Kier alpha value is -1.33. The van der Waals surface area contributed by atoms with E-state index in [9.17, 15) is 0 Å². The molecule has 3 N–H and O–H groups in total. The Morgan fingerprint density at radius 2 is 1.85 bits per heavy atom. The molecule has 0 saturated heterocycles. The number of hydrogen-bond donors (Lipinski definition) is 2. The molecule has 0 amide bonds. The molecule has 0 heterocycles. The summed E-state index contributed by atoms with van der Waals surface area (Å²) in [5, 5.41) is 7.45. The molecule has 0 aliphatic carbocycles. The summed E-state index contributed by atoms with van der Waals surface area (Å²) in [5.74, 6) is 0.0747. The van der Waals surface area contributed by atoms with Crippen LogP contribution in [0.1, 0.15) is 11.1 Å². The summed E-state index contributed by atoms with van der Waals surface area (Å²) >= 11 is 7.11. The van der Waals surface area contributed by atoms with Crippen LogP contribution in [0.25, 0.3) is 0 Å². The normalized spacial score (nSPS) is 10.3. The van der Waals surface area contributed by atoms with Gasteiger partial charge in [-0.1, -0.05) is 34.1 Å². The van der Waals surface area contributed by atoms with Crippen molar-refractivity contribution in [1.82, 2.24) is 0 Å². The molecule has 3 nitrogen and oxygen atoms in total. The van der Waals surface area contributed by atoms with E-state index in [4.69, 9.17) is 11.1 Å². The van der Waals surface area contributed by atoms with Crippen LogP contribution in [0, 0.1) is 5.41 Å². The highest BCUT2D eigenvalue weighted by Gasteiger charge is 2.09. The fraction of sp³-hybridized carbons (Fsp3) is 0.133. The van der Waals surface area contributed by atoms with Crippen LogP contribution in [0.2, 0.25) is 0 Å². The van der Waals surface area contributed by atoms with Gasteiger partial charge in [-0.15, -0.1) is 0 Å². The van der Waals surface area contributed by atoms with Gasteiger partial charge in [0.25, 0.3) is 0 Å². The van der Waals surface area contributed by atoms with Crippen LogP contribution in [0.4, 0.5) is 5.69 Å². The number of amidine groups is 1. The average Bonchev–Trinajstić information content (AvgIpc) is 2.41. The van der Waals surface area contributed by atoms with Gasteiger partial charge in [0.05, 0.1) is 5.69 Å². The minimum absolute atomic E-state index is 0.0747. The first-order valence-corrected chi connectivity index (χ1v) is 7.66. The number of nitrogens with zero attached hydrogens (tertiary/aromatic N) is 1. The lowest BCUT2D eigenvalue weighted by atomic mass is 10.1. The number of anilines is 1. The number of hydrogen-bond acceptors (Lipinski definition) is 2. The van der Waals surface area contributed by atoms with Crippen molar-refractivity contribution in [2.45, 2.75) is 6.54 Å². The average molecular weight is 397 g/mol. The zero-order chi connectivity index (χ0) is 14.7. The van der Waals surface area contributed by atoms with Crippen molar-refractivity contribution in [1.29, 1.82) is 5.41 Å². The van der Waals surface area contributed by atoms with Gasteiger partial charge in [0.2, 0.25) is 0 Å². The zero-order valence-corrected chi connectivity index (χ0v) is 14.2. The number of nitrogen functional groups attached to an aromatic ring is 1. The Morgan fingerprint density at radius 1 is 1.15 bits per heavy atom. The van der Waals surface area contributed by atoms with Crippen molar-refractivity contribution in [2.75, 3.05) is 11.9 Å². The van der Waals surface area contributed by atoms with Crippen LogP contribution >= 0.6 is 31.9 Å². The van der Waals surface area contributed by atoms with Crippen molar-refractivity contribution in [3.05, 3.63) is 62.5 Å². The second kappa shape index (κ2) is 6.41. The second-order valence-electron chi connectivity index (χ2n) is 4.53. The van der Waals surface area contributed by atoms with Crippen LogP contribution < -0.4 is 10.6 Å². The lowest BCUT2D eigenvalue weighted by Gasteiger charge is -2.22. The van der Waals surface area contributed by atoms with E-state index < -0.39 is 0 Å². The summed E-state index contributed by atoms with van der Waals surface area (Å²) in [7, 11) is 2.03. The van der Waals surface area contributed by atoms with Gasteiger partial charge in [-0.2, -0.15) is 0 Å². The molecule has 0 atom stereocenters. The highest BCUT2D eigenvalue weighted by molar-refractivity contribution is 9.11. The highest BCUT2D eigenvalue weighted by atomic mass is 79.9. The van der Waals surface area contributed by atoms with Crippen molar-refractivity contribution < 1.29 is 0 Å². The first kappa shape index (κ1) is 15.1. The Labute approximate surface area is 135 Å². The van der Waals surface area contributed by atoms with Gasteiger partial charge in [-0.25, -0.2) is 0 Å². The van der Waals surface area contributed by atoms with E-state index >= 15 is 0 Å². The fourth-order valence-corrected chi connectivity index (χ4v) is 3.04. The summed E-state index contributed by atoms with van der Waals surface area (Å²) < 4.78 is 2.03. The van der Waals surface area contributed by atoms with E-state index in [0.29, 0.717) is 0 Å². The monoisotopic (exact) mass is 395 g/mol. The first-order chi connectivity index (χ1) is 9.49. The van der Waals surface area contributed by atoms with Crippen LogP contribution in [-0.2, 0) is 6.54 Å². The number of benzene rings is 2. The van der Waals surface area contributed by atoms with Gasteiger partial charge < -0.3 is 10.6 Å². The van der Waals surface area contributed by atoms with Crippen LogP contribution in [0.3, 0.4) is 0 Å². The largest absolute Gasteiger partial charge is 0.384 e. The lowest BCUT2D eigenvalue weighted by Crippen LogP contribution is -2.18. The predicted octanol–water partition coefficient (Wildman–Crippen LogP) is 4.13. The topological polar surface area (TPSA) is 53.1 Å². The van der Waals surface area contributed by atoms with E-state index in [0.717, 1.165) is 26.7 Å². The Balaban J connectivity index is 2.23. The van der Waals surface area contributed by atoms with Crippen molar-refractivity contribution >= 4 is 43.4 Å². The second-order valence-corrected chi connectivity index (χ2v) is 6.24. The zero-order valence-electron chi connectivity index (χ0n) is 11.0. The molecule has 0 fully saturated rings. The minimum Gasteiger partial charge on any atom is -0.384 e. The van der Waals surface area contributed by atoms with Gasteiger partial charge in [-0.3, -0.25) is 5.41 Å². The third kappa shape index (κ3) is 3.41. The van der Waals surface area contributed by atoms with Crippen LogP contribution in [0.5, 0.6) is 0 Å². The molecule has 0 spiro atoms. The van der Waals surface area contributed by atoms with Gasteiger partial charge in [0.15, 0.2) is 0 Å². The molecule has 0 saturated carbocycles. The van der Waals surface area contributed by atoms with Crippen molar-refractivity contribution in [3.63, 3.8) is 0 Å². The minimum atomic E-state index is 0.0747. The van der Waals surface area contributed by atoms with Crippen molar-refractivity contribution in [2.24, 2.45) is 5.73 Å².